The Morgan fingerprint density at radius 2 is 2.00 bits per heavy atom. The van der Waals surface area contributed by atoms with E-state index in [0.29, 0.717) is 11.9 Å². The van der Waals surface area contributed by atoms with Crippen LogP contribution in [0.25, 0.3) is 0 Å². The van der Waals surface area contributed by atoms with Crippen LogP contribution < -0.4 is 5.32 Å². The van der Waals surface area contributed by atoms with Crippen LogP contribution in [0.4, 0.5) is 0 Å². The van der Waals surface area contributed by atoms with E-state index < -0.39 is 0 Å². The van der Waals surface area contributed by atoms with E-state index in [-0.39, 0.29) is 0 Å². The molecule has 1 N–H and O–H groups in total. The van der Waals surface area contributed by atoms with Gasteiger partial charge in [0.1, 0.15) is 0 Å². The second kappa shape index (κ2) is 5.67. The molecule has 1 aliphatic heterocycles. The Morgan fingerprint density at radius 1 is 1.25 bits per heavy atom. The van der Waals surface area contributed by atoms with Gasteiger partial charge in [-0.05, 0) is 38.6 Å². The molecule has 0 aromatic heterocycles. The standard InChI is InChI=1S/C13H24N2O/c1-14-12-6-7-13(16)15(9-8-12)10-11-4-2-3-5-11/h11-12,14H,2-10H2,1H3. The van der Waals surface area contributed by atoms with Gasteiger partial charge in [0.05, 0.1) is 0 Å². The first-order chi connectivity index (χ1) is 7.79. The van der Waals surface area contributed by atoms with Crippen molar-refractivity contribution in [2.45, 2.75) is 51.0 Å². The molecule has 3 nitrogen and oxygen atoms in total. The molecular weight excluding hydrogens is 200 g/mol. The zero-order chi connectivity index (χ0) is 11.4. The van der Waals surface area contributed by atoms with Gasteiger partial charge in [-0.1, -0.05) is 12.8 Å². The van der Waals surface area contributed by atoms with E-state index in [0.717, 1.165) is 38.3 Å². The lowest BCUT2D eigenvalue weighted by atomic mass is 10.1. The van der Waals surface area contributed by atoms with Crippen molar-refractivity contribution < 1.29 is 4.79 Å². The summed E-state index contributed by atoms with van der Waals surface area (Å²) in [6, 6.07) is 0.539. The molecule has 2 aliphatic rings. The van der Waals surface area contributed by atoms with Gasteiger partial charge < -0.3 is 10.2 Å². The molecule has 0 radical (unpaired) electrons. The zero-order valence-corrected chi connectivity index (χ0v) is 10.4. The molecule has 1 saturated carbocycles. The molecule has 3 heteroatoms. The number of rotatable bonds is 3. The highest BCUT2D eigenvalue weighted by Crippen LogP contribution is 2.26. The third kappa shape index (κ3) is 2.97. The van der Waals surface area contributed by atoms with Gasteiger partial charge in [-0.25, -0.2) is 0 Å². The predicted octanol–water partition coefficient (Wildman–Crippen LogP) is 1.78. The molecule has 1 saturated heterocycles. The minimum absolute atomic E-state index is 0.379. The lowest BCUT2D eigenvalue weighted by Gasteiger charge is -2.24. The van der Waals surface area contributed by atoms with Crippen molar-refractivity contribution in [1.29, 1.82) is 0 Å². The lowest BCUT2D eigenvalue weighted by Crippen LogP contribution is -2.35. The Bertz CT molecular complexity index is 236. The SMILES string of the molecule is CNC1CCC(=O)N(CC2CCCC2)CC1. The molecule has 92 valence electrons. The largest absolute Gasteiger partial charge is 0.342 e. The molecule has 1 atom stereocenters. The van der Waals surface area contributed by atoms with Crippen molar-refractivity contribution in [2.24, 2.45) is 5.92 Å². The second-order valence-electron chi connectivity index (χ2n) is 5.30. The summed E-state index contributed by atoms with van der Waals surface area (Å²) in [5.41, 5.74) is 0. The third-order valence-corrected chi connectivity index (χ3v) is 4.17. The fraction of sp³-hybridized carbons (Fsp3) is 0.923. The Hall–Kier alpha value is -0.570. The van der Waals surface area contributed by atoms with Crippen LogP contribution in [0.15, 0.2) is 0 Å². The summed E-state index contributed by atoms with van der Waals surface area (Å²) >= 11 is 0. The highest BCUT2D eigenvalue weighted by molar-refractivity contribution is 5.76. The summed E-state index contributed by atoms with van der Waals surface area (Å²) in [7, 11) is 2.00. The number of carbonyl (C=O) groups excluding carboxylic acids is 1. The number of amides is 1. The number of hydrogen-bond acceptors (Lipinski definition) is 2. The lowest BCUT2D eigenvalue weighted by molar-refractivity contribution is -0.131. The number of nitrogens with one attached hydrogen (secondary N) is 1. The van der Waals surface area contributed by atoms with Crippen molar-refractivity contribution in [2.75, 3.05) is 20.1 Å². The van der Waals surface area contributed by atoms with E-state index in [2.05, 4.69) is 10.2 Å². The molecule has 0 bridgehead atoms. The molecule has 16 heavy (non-hydrogen) atoms. The van der Waals surface area contributed by atoms with Crippen molar-refractivity contribution in [3.05, 3.63) is 0 Å². The van der Waals surface area contributed by atoms with Crippen LogP contribution in [-0.4, -0.2) is 37.0 Å². The van der Waals surface area contributed by atoms with E-state index in [1.165, 1.54) is 25.7 Å². The maximum absolute atomic E-state index is 12.0. The summed E-state index contributed by atoms with van der Waals surface area (Å²) in [6.45, 7) is 1.98. The minimum atomic E-state index is 0.379. The fourth-order valence-electron chi connectivity index (χ4n) is 3.02. The normalized spacial score (nSPS) is 28.4. The molecule has 1 unspecified atom stereocenters. The zero-order valence-electron chi connectivity index (χ0n) is 10.4. The van der Waals surface area contributed by atoms with Crippen LogP contribution in [0.3, 0.4) is 0 Å². The smallest absolute Gasteiger partial charge is 0.222 e. The Labute approximate surface area is 98.6 Å². The van der Waals surface area contributed by atoms with Gasteiger partial charge in [-0.3, -0.25) is 4.79 Å². The van der Waals surface area contributed by atoms with Crippen molar-refractivity contribution >= 4 is 5.91 Å². The van der Waals surface area contributed by atoms with Gasteiger partial charge in [0.15, 0.2) is 0 Å². The third-order valence-electron chi connectivity index (χ3n) is 4.17. The summed E-state index contributed by atoms with van der Waals surface area (Å²) in [4.78, 5) is 14.1. The molecule has 0 spiro atoms. The first kappa shape index (κ1) is 11.9. The summed E-state index contributed by atoms with van der Waals surface area (Å²) in [5.74, 6) is 1.17. The van der Waals surface area contributed by atoms with Crippen molar-refractivity contribution in [3.8, 4) is 0 Å². The van der Waals surface area contributed by atoms with Crippen LogP contribution in [0.1, 0.15) is 44.9 Å². The predicted molar refractivity (Wildman–Crippen MR) is 65.2 cm³/mol. The molecule has 1 aliphatic carbocycles. The van der Waals surface area contributed by atoms with Gasteiger partial charge in [0, 0.05) is 25.6 Å². The van der Waals surface area contributed by atoms with E-state index >= 15 is 0 Å². The van der Waals surface area contributed by atoms with E-state index in [4.69, 9.17) is 0 Å². The molecule has 1 amide bonds. The van der Waals surface area contributed by atoms with Crippen LogP contribution in [-0.2, 0) is 4.79 Å². The van der Waals surface area contributed by atoms with Crippen LogP contribution in [0.5, 0.6) is 0 Å². The Kier molecular flexibility index (Phi) is 4.22. The summed E-state index contributed by atoms with van der Waals surface area (Å²) in [5, 5.41) is 3.30. The van der Waals surface area contributed by atoms with Gasteiger partial charge in [-0.2, -0.15) is 0 Å². The van der Waals surface area contributed by atoms with Gasteiger partial charge in [-0.15, -0.1) is 0 Å². The first-order valence-corrected chi connectivity index (χ1v) is 6.74. The number of hydrogen-bond donors (Lipinski definition) is 1. The van der Waals surface area contributed by atoms with Crippen molar-refractivity contribution in [1.82, 2.24) is 10.2 Å². The van der Waals surface area contributed by atoms with Gasteiger partial charge in [0.2, 0.25) is 5.91 Å². The quantitative estimate of drug-likeness (QED) is 0.792. The van der Waals surface area contributed by atoms with E-state index in [1.807, 2.05) is 7.05 Å². The second-order valence-corrected chi connectivity index (χ2v) is 5.30. The van der Waals surface area contributed by atoms with Crippen LogP contribution in [0, 0.1) is 5.92 Å². The Morgan fingerprint density at radius 3 is 2.69 bits per heavy atom. The summed E-state index contributed by atoms with van der Waals surface area (Å²) < 4.78 is 0. The van der Waals surface area contributed by atoms with Gasteiger partial charge >= 0.3 is 0 Å². The maximum Gasteiger partial charge on any atom is 0.222 e. The first-order valence-electron chi connectivity index (χ1n) is 6.74. The molecule has 2 rings (SSSR count). The monoisotopic (exact) mass is 224 g/mol. The molecule has 1 heterocycles. The molecule has 0 aromatic rings. The number of carbonyl (C=O) groups is 1. The topological polar surface area (TPSA) is 32.3 Å². The van der Waals surface area contributed by atoms with Crippen LogP contribution >= 0.6 is 0 Å². The minimum Gasteiger partial charge on any atom is -0.342 e. The van der Waals surface area contributed by atoms with Gasteiger partial charge in [0.25, 0.3) is 0 Å². The number of nitrogens with zero attached hydrogens (tertiary/aromatic N) is 1. The van der Waals surface area contributed by atoms with E-state index in [9.17, 15) is 4.79 Å². The summed E-state index contributed by atoms with van der Waals surface area (Å²) in [6.07, 6.45) is 8.26. The average molecular weight is 224 g/mol. The van der Waals surface area contributed by atoms with Crippen LogP contribution in [0.2, 0.25) is 0 Å². The highest BCUT2D eigenvalue weighted by atomic mass is 16.2. The maximum atomic E-state index is 12.0. The average Bonchev–Trinajstić information content (AvgIpc) is 2.73. The molecule has 0 aromatic carbocycles. The van der Waals surface area contributed by atoms with E-state index in [1.54, 1.807) is 0 Å². The highest BCUT2D eigenvalue weighted by Gasteiger charge is 2.25. The van der Waals surface area contributed by atoms with Crippen molar-refractivity contribution in [3.63, 3.8) is 0 Å². The molecular formula is C13H24N2O. The molecule has 2 fully saturated rings. The number of likely N-dealkylation sites (tertiary alicyclic amines) is 1. The fourth-order valence-corrected chi connectivity index (χ4v) is 3.02. The Balaban J connectivity index is 1.85.